The molecule has 22 heavy (non-hydrogen) atoms. The Balaban J connectivity index is 1.65. The number of nitrogens with zero attached hydrogens (tertiary/aromatic N) is 4. The molecule has 1 saturated carbocycles. The molecule has 4 rings (SSSR count). The normalized spacial score (nSPS) is 19.6. The summed E-state index contributed by atoms with van der Waals surface area (Å²) in [5, 5.41) is 16.4. The van der Waals surface area contributed by atoms with Gasteiger partial charge in [-0.1, -0.05) is 0 Å². The van der Waals surface area contributed by atoms with Gasteiger partial charge in [-0.25, -0.2) is 9.50 Å². The van der Waals surface area contributed by atoms with Crippen LogP contribution in [0, 0.1) is 0 Å². The zero-order valence-electron chi connectivity index (χ0n) is 12.3. The third-order valence-electron chi connectivity index (χ3n) is 4.56. The summed E-state index contributed by atoms with van der Waals surface area (Å²) in [7, 11) is 0. The lowest BCUT2D eigenvalue weighted by Crippen LogP contribution is -2.39. The molecule has 116 valence electrons. The van der Waals surface area contributed by atoms with Crippen molar-refractivity contribution < 1.29 is 9.90 Å². The van der Waals surface area contributed by atoms with E-state index in [-0.39, 0.29) is 12.5 Å². The number of aliphatic hydroxyl groups is 1. The maximum absolute atomic E-state index is 12.4. The summed E-state index contributed by atoms with van der Waals surface area (Å²) < 4.78 is 1.62. The molecule has 2 aliphatic rings. The fourth-order valence-corrected chi connectivity index (χ4v) is 2.92. The second-order valence-electron chi connectivity index (χ2n) is 6.20. The van der Waals surface area contributed by atoms with E-state index in [1.165, 1.54) is 12.8 Å². The number of amides is 1. The molecular formula is C15H19N5O2. The Morgan fingerprint density at radius 2 is 2.14 bits per heavy atom. The van der Waals surface area contributed by atoms with Crippen LogP contribution >= 0.6 is 0 Å². The zero-order valence-corrected chi connectivity index (χ0v) is 12.3. The van der Waals surface area contributed by atoms with Crippen molar-refractivity contribution in [3.63, 3.8) is 0 Å². The van der Waals surface area contributed by atoms with Crippen molar-refractivity contribution in [1.82, 2.24) is 19.9 Å². The molecule has 2 N–H and O–H groups in total. The van der Waals surface area contributed by atoms with E-state index in [9.17, 15) is 9.90 Å². The number of hydrogen-bond acceptors (Lipinski definition) is 5. The highest BCUT2D eigenvalue weighted by molar-refractivity contribution is 6.00. The van der Waals surface area contributed by atoms with Crippen LogP contribution in [0.3, 0.4) is 0 Å². The van der Waals surface area contributed by atoms with Gasteiger partial charge in [0.15, 0.2) is 5.65 Å². The van der Waals surface area contributed by atoms with E-state index in [1.54, 1.807) is 10.7 Å². The minimum atomic E-state index is -0.433. The maximum atomic E-state index is 12.4. The standard InChI is InChI=1S/C15H19N5O2/c21-10-15(4-5-15)18-14(22)11-9-16-20-8-3-12(17-13(11)20)19-6-1-2-7-19/h3,8-9,21H,1-2,4-7,10H2,(H,18,22). The number of carbonyl (C=O) groups is 1. The lowest BCUT2D eigenvalue weighted by molar-refractivity contribution is 0.0908. The zero-order chi connectivity index (χ0) is 15.2. The van der Waals surface area contributed by atoms with Gasteiger partial charge in [0.1, 0.15) is 11.4 Å². The molecule has 0 atom stereocenters. The van der Waals surface area contributed by atoms with Crippen LogP contribution in [-0.2, 0) is 0 Å². The Hall–Kier alpha value is -2.15. The molecule has 0 bridgehead atoms. The summed E-state index contributed by atoms with van der Waals surface area (Å²) >= 11 is 0. The van der Waals surface area contributed by atoms with E-state index in [0.29, 0.717) is 11.2 Å². The SMILES string of the molecule is O=C(NC1(CO)CC1)c1cnn2ccc(N3CCCC3)nc12. The fourth-order valence-electron chi connectivity index (χ4n) is 2.92. The summed E-state index contributed by atoms with van der Waals surface area (Å²) in [6.07, 6.45) is 7.38. The van der Waals surface area contributed by atoms with E-state index < -0.39 is 5.54 Å². The van der Waals surface area contributed by atoms with Gasteiger partial charge in [-0.05, 0) is 31.7 Å². The van der Waals surface area contributed by atoms with Crippen molar-refractivity contribution in [2.75, 3.05) is 24.6 Å². The number of rotatable bonds is 4. The van der Waals surface area contributed by atoms with Crippen molar-refractivity contribution in [1.29, 1.82) is 0 Å². The van der Waals surface area contributed by atoms with E-state index >= 15 is 0 Å². The average molecular weight is 301 g/mol. The van der Waals surface area contributed by atoms with Gasteiger partial charge in [-0.2, -0.15) is 5.10 Å². The van der Waals surface area contributed by atoms with Crippen molar-refractivity contribution in [3.05, 3.63) is 24.0 Å². The Labute approximate surface area is 127 Å². The summed E-state index contributed by atoms with van der Waals surface area (Å²) in [5.74, 6) is 0.676. The van der Waals surface area contributed by atoms with Gasteiger partial charge >= 0.3 is 0 Å². The van der Waals surface area contributed by atoms with Gasteiger partial charge in [-0.15, -0.1) is 0 Å². The highest BCUT2D eigenvalue weighted by Gasteiger charge is 2.43. The largest absolute Gasteiger partial charge is 0.394 e. The minimum Gasteiger partial charge on any atom is -0.394 e. The summed E-state index contributed by atoms with van der Waals surface area (Å²) in [4.78, 5) is 19.3. The van der Waals surface area contributed by atoms with Crippen LogP contribution in [0.25, 0.3) is 5.65 Å². The van der Waals surface area contributed by atoms with Crippen LogP contribution < -0.4 is 10.2 Å². The van der Waals surface area contributed by atoms with Gasteiger partial charge in [0, 0.05) is 19.3 Å². The predicted octanol–water partition coefficient (Wildman–Crippen LogP) is 0.584. The van der Waals surface area contributed by atoms with E-state index in [2.05, 4.69) is 20.3 Å². The quantitative estimate of drug-likeness (QED) is 0.863. The van der Waals surface area contributed by atoms with Crippen LogP contribution in [0.15, 0.2) is 18.5 Å². The van der Waals surface area contributed by atoms with E-state index in [0.717, 1.165) is 31.7 Å². The topological polar surface area (TPSA) is 82.8 Å². The Morgan fingerprint density at radius 1 is 1.36 bits per heavy atom. The van der Waals surface area contributed by atoms with Gasteiger partial charge in [0.25, 0.3) is 5.91 Å². The first-order valence-electron chi connectivity index (χ1n) is 7.73. The van der Waals surface area contributed by atoms with Crippen LogP contribution in [0.1, 0.15) is 36.0 Å². The molecule has 7 heteroatoms. The molecule has 0 aromatic carbocycles. The third kappa shape index (κ3) is 2.21. The molecule has 1 saturated heterocycles. The monoisotopic (exact) mass is 301 g/mol. The molecular weight excluding hydrogens is 282 g/mol. The lowest BCUT2D eigenvalue weighted by Gasteiger charge is -2.16. The number of anilines is 1. The maximum Gasteiger partial charge on any atom is 0.257 e. The minimum absolute atomic E-state index is 0.0234. The van der Waals surface area contributed by atoms with E-state index in [4.69, 9.17) is 0 Å². The smallest absolute Gasteiger partial charge is 0.257 e. The van der Waals surface area contributed by atoms with Crippen LogP contribution in [0.4, 0.5) is 5.82 Å². The molecule has 0 radical (unpaired) electrons. The van der Waals surface area contributed by atoms with Gasteiger partial charge < -0.3 is 15.3 Å². The number of fused-ring (bicyclic) bond motifs is 1. The third-order valence-corrected chi connectivity index (χ3v) is 4.56. The highest BCUT2D eigenvalue weighted by atomic mass is 16.3. The second-order valence-corrected chi connectivity index (χ2v) is 6.20. The van der Waals surface area contributed by atoms with Crippen molar-refractivity contribution in [2.24, 2.45) is 0 Å². The van der Waals surface area contributed by atoms with Crippen molar-refractivity contribution in [2.45, 2.75) is 31.2 Å². The molecule has 0 unspecified atom stereocenters. The van der Waals surface area contributed by atoms with Gasteiger partial charge in [0.05, 0.1) is 18.3 Å². The predicted molar refractivity (Wildman–Crippen MR) is 81.0 cm³/mol. The molecule has 2 fully saturated rings. The molecule has 2 aromatic rings. The molecule has 1 aliphatic heterocycles. The lowest BCUT2D eigenvalue weighted by atomic mass is 10.2. The Kier molecular flexibility index (Phi) is 3.04. The average Bonchev–Trinajstić information content (AvgIpc) is 2.96. The number of hydrogen-bond donors (Lipinski definition) is 2. The van der Waals surface area contributed by atoms with Crippen LogP contribution in [-0.4, -0.2) is 50.8 Å². The Bertz CT molecular complexity index is 716. The first kappa shape index (κ1) is 13.5. The molecule has 3 heterocycles. The number of nitrogens with one attached hydrogen (secondary N) is 1. The summed E-state index contributed by atoms with van der Waals surface area (Å²) in [6, 6.07) is 1.93. The van der Waals surface area contributed by atoms with Crippen LogP contribution in [0.5, 0.6) is 0 Å². The molecule has 1 aliphatic carbocycles. The van der Waals surface area contributed by atoms with Crippen molar-refractivity contribution >= 4 is 17.4 Å². The highest BCUT2D eigenvalue weighted by Crippen LogP contribution is 2.35. The molecule has 7 nitrogen and oxygen atoms in total. The molecule has 0 spiro atoms. The van der Waals surface area contributed by atoms with Gasteiger partial charge in [-0.3, -0.25) is 4.79 Å². The summed E-state index contributed by atoms with van der Waals surface area (Å²) in [6.45, 7) is 1.99. The first-order valence-corrected chi connectivity index (χ1v) is 7.73. The Morgan fingerprint density at radius 3 is 2.82 bits per heavy atom. The van der Waals surface area contributed by atoms with E-state index in [1.807, 2.05) is 12.3 Å². The number of carbonyl (C=O) groups excluding carboxylic acids is 1. The first-order chi connectivity index (χ1) is 10.7. The van der Waals surface area contributed by atoms with Gasteiger partial charge in [0.2, 0.25) is 0 Å². The molecule has 2 aromatic heterocycles. The number of aromatic nitrogens is 3. The fraction of sp³-hybridized carbons (Fsp3) is 0.533. The van der Waals surface area contributed by atoms with Crippen LogP contribution in [0.2, 0.25) is 0 Å². The van der Waals surface area contributed by atoms with Crippen molar-refractivity contribution in [3.8, 4) is 0 Å². The second kappa shape index (κ2) is 4.95. The molecule has 1 amide bonds. The summed E-state index contributed by atoms with van der Waals surface area (Å²) in [5.41, 5.74) is 0.592. The number of aliphatic hydroxyl groups excluding tert-OH is 1.